The number of anilines is 1. The number of carbonyl (C=O) groups is 1. The van der Waals surface area contributed by atoms with Crippen molar-refractivity contribution in [2.75, 3.05) is 5.32 Å². The maximum Gasteiger partial charge on any atom is 0.256 e. The van der Waals surface area contributed by atoms with Crippen molar-refractivity contribution in [1.29, 1.82) is 0 Å². The molecule has 0 fully saturated rings. The van der Waals surface area contributed by atoms with Crippen LogP contribution < -0.4 is 5.32 Å². The number of hydrogen-bond acceptors (Lipinski definition) is 1. The molecule has 0 aliphatic carbocycles. The summed E-state index contributed by atoms with van der Waals surface area (Å²) in [5, 5.41) is 2.24. The van der Waals surface area contributed by atoms with E-state index in [1.807, 2.05) is 0 Å². The number of benzene rings is 2. The van der Waals surface area contributed by atoms with E-state index in [2.05, 4.69) is 21.2 Å². The molecule has 0 unspecified atom stereocenters. The van der Waals surface area contributed by atoms with Crippen molar-refractivity contribution < 1.29 is 13.6 Å². The molecule has 1 amide bonds. The first-order valence-corrected chi connectivity index (χ1v) is 6.37. The van der Waals surface area contributed by atoms with Gasteiger partial charge in [0.25, 0.3) is 5.91 Å². The van der Waals surface area contributed by atoms with Gasteiger partial charge in [0.05, 0.1) is 20.7 Å². The summed E-state index contributed by atoms with van der Waals surface area (Å²) in [6, 6.07) is 8.26. The number of rotatable bonds is 2. The maximum atomic E-state index is 13.6. The van der Waals surface area contributed by atoms with Gasteiger partial charge in [-0.1, -0.05) is 23.7 Å². The fourth-order valence-corrected chi connectivity index (χ4v) is 2.09. The lowest BCUT2D eigenvalue weighted by molar-refractivity contribution is 0.102. The normalized spacial score (nSPS) is 10.3. The molecule has 0 aliphatic rings. The quantitative estimate of drug-likeness (QED) is 0.844. The molecule has 2 nitrogen and oxygen atoms in total. The highest BCUT2D eigenvalue weighted by Gasteiger charge is 2.15. The molecule has 0 heterocycles. The van der Waals surface area contributed by atoms with Crippen molar-refractivity contribution in [1.82, 2.24) is 0 Å². The summed E-state index contributed by atoms with van der Waals surface area (Å²) in [6.45, 7) is 0. The Morgan fingerprint density at radius 1 is 1.16 bits per heavy atom. The zero-order valence-electron chi connectivity index (χ0n) is 9.38. The van der Waals surface area contributed by atoms with Crippen LogP contribution in [0.3, 0.4) is 0 Å². The van der Waals surface area contributed by atoms with Gasteiger partial charge in [-0.2, -0.15) is 0 Å². The molecule has 6 heteroatoms. The molecular weight excluding hydrogens is 340 g/mol. The highest BCUT2D eigenvalue weighted by molar-refractivity contribution is 9.10. The Labute approximate surface area is 121 Å². The van der Waals surface area contributed by atoms with Gasteiger partial charge < -0.3 is 5.32 Å². The lowest BCUT2D eigenvalue weighted by Crippen LogP contribution is -2.14. The van der Waals surface area contributed by atoms with Gasteiger partial charge in [-0.25, -0.2) is 8.78 Å². The molecule has 2 aromatic carbocycles. The van der Waals surface area contributed by atoms with Crippen LogP contribution in [0.4, 0.5) is 14.5 Å². The van der Waals surface area contributed by atoms with Crippen LogP contribution in [0.15, 0.2) is 40.9 Å². The van der Waals surface area contributed by atoms with Crippen molar-refractivity contribution in [3.63, 3.8) is 0 Å². The van der Waals surface area contributed by atoms with Crippen molar-refractivity contribution in [2.45, 2.75) is 0 Å². The van der Waals surface area contributed by atoms with Crippen LogP contribution >= 0.6 is 27.5 Å². The van der Waals surface area contributed by atoms with Gasteiger partial charge >= 0.3 is 0 Å². The zero-order valence-corrected chi connectivity index (χ0v) is 11.7. The van der Waals surface area contributed by atoms with E-state index in [0.29, 0.717) is 0 Å². The third kappa shape index (κ3) is 2.93. The molecule has 0 atom stereocenters. The molecule has 2 aromatic rings. The van der Waals surface area contributed by atoms with Crippen LogP contribution in [0.2, 0.25) is 5.02 Å². The lowest BCUT2D eigenvalue weighted by Gasteiger charge is -2.08. The SMILES string of the molecule is O=C(Nc1cccc(Cl)c1F)c1cccc(F)c1Br. The van der Waals surface area contributed by atoms with E-state index in [-0.39, 0.29) is 20.7 Å². The predicted molar refractivity (Wildman–Crippen MR) is 73.5 cm³/mol. The number of carbonyl (C=O) groups excluding carboxylic acids is 1. The first kappa shape index (κ1) is 14.0. The largest absolute Gasteiger partial charge is 0.319 e. The molecule has 98 valence electrons. The summed E-state index contributed by atoms with van der Waals surface area (Å²) in [6.07, 6.45) is 0. The Bertz CT molecular complexity index is 649. The third-order valence-corrected chi connectivity index (χ3v) is 3.49. The summed E-state index contributed by atoms with van der Waals surface area (Å²) in [4.78, 5) is 11.9. The van der Waals surface area contributed by atoms with Gasteiger partial charge in [0.1, 0.15) is 5.82 Å². The van der Waals surface area contributed by atoms with Crippen LogP contribution in [-0.4, -0.2) is 5.91 Å². The predicted octanol–water partition coefficient (Wildman–Crippen LogP) is 4.63. The highest BCUT2D eigenvalue weighted by Crippen LogP contribution is 2.25. The van der Waals surface area contributed by atoms with E-state index in [1.54, 1.807) is 0 Å². The van der Waals surface area contributed by atoms with Crippen molar-refractivity contribution in [2.24, 2.45) is 0 Å². The fraction of sp³-hybridized carbons (Fsp3) is 0. The van der Waals surface area contributed by atoms with Crippen LogP contribution in [0.25, 0.3) is 0 Å². The summed E-state index contributed by atoms with van der Waals surface area (Å²) in [5.74, 6) is -1.93. The second-order valence-corrected chi connectivity index (χ2v) is 4.86. The van der Waals surface area contributed by atoms with Gasteiger partial charge in [0.15, 0.2) is 5.82 Å². The smallest absolute Gasteiger partial charge is 0.256 e. The van der Waals surface area contributed by atoms with Gasteiger partial charge in [0, 0.05) is 0 Å². The van der Waals surface area contributed by atoms with E-state index >= 15 is 0 Å². The van der Waals surface area contributed by atoms with Crippen LogP contribution in [-0.2, 0) is 0 Å². The Morgan fingerprint density at radius 2 is 1.84 bits per heavy atom. The minimum absolute atomic E-state index is 0.0231. The minimum atomic E-state index is -0.731. The summed E-state index contributed by atoms with van der Waals surface area (Å²) < 4.78 is 26.9. The summed E-state index contributed by atoms with van der Waals surface area (Å²) >= 11 is 8.58. The van der Waals surface area contributed by atoms with Gasteiger partial charge in [-0.3, -0.25) is 4.79 Å². The van der Waals surface area contributed by atoms with E-state index in [9.17, 15) is 13.6 Å². The monoisotopic (exact) mass is 345 g/mol. The minimum Gasteiger partial charge on any atom is -0.319 e. The average Bonchev–Trinajstić information content (AvgIpc) is 2.38. The Hall–Kier alpha value is -1.46. The van der Waals surface area contributed by atoms with Crippen molar-refractivity contribution >= 4 is 39.1 Å². The Morgan fingerprint density at radius 3 is 2.58 bits per heavy atom. The molecule has 0 radical (unpaired) electrons. The molecular formula is C13H7BrClF2NO. The summed E-state index contributed by atoms with van der Waals surface area (Å²) in [5.41, 5.74) is 0.00744. The Kier molecular flexibility index (Phi) is 4.17. The molecule has 0 saturated carbocycles. The number of halogens is 4. The first-order valence-electron chi connectivity index (χ1n) is 5.20. The molecule has 19 heavy (non-hydrogen) atoms. The van der Waals surface area contributed by atoms with E-state index < -0.39 is 17.5 Å². The second kappa shape index (κ2) is 5.67. The molecule has 2 rings (SSSR count). The molecule has 0 bridgehead atoms. The second-order valence-electron chi connectivity index (χ2n) is 3.66. The molecule has 0 saturated heterocycles. The third-order valence-electron chi connectivity index (χ3n) is 2.40. The summed E-state index contributed by atoms with van der Waals surface area (Å²) in [7, 11) is 0. The number of nitrogens with one attached hydrogen (secondary N) is 1. The zero-order chi connectivity index (χ0) is 14.0. The maximum absolute atomic E-state index is 13.6. The fourth-order valence-electron chi connectivity index (χ4n) is 1.47. The molecule has 1 N–H and O–H groups in total. The molecule has 0 aliphatic heterocycles. The topological polar surface area (TPSA) is 29.1 Å². The van der Waals surface area contributed by atoms with Crippen LogP contribution in [0, 0.1) is 11.6 Å². The van der Waals surface area contributed by atoms with Gasteiger partial charge in [-0.15, -0.1) is 0 Å². The molecule has 0 spiro atoms. The highest BCUT2D eigenvalue weighted by atomic mass is 79.9. The van der Waals surface area contributed by atoms with E-state index in [1.165, 1.54) is 36.4 Å². The number of hydrogen-bond donors (Lipinski definition) is 1. The first-order chi connectivity index (χ1) is 9.00. The van der Waals surface area contributed by atoms with E-state index in [4.69, 9.17) is 11.6 Å². The Balaban J connectivity index is 2.31. The van der Waals surface area contributed by atoms with Gasteiger partial charge in [0.2, 0.25) is 0 Å². The molecule has 0 aromatic heterocycles. The van der Waals surface area contributed by atoms with Gasteiger partial charge in [-0.05, 0) is 40.2 Å². The van der Waals surface area contributed by atoms with Crippen molar-refractivity contribution in [3.05, 3.63) is 63.1 Å². The average molecular weight is 347 g/mol. The number of amides is 1. The standard InChI is InChI=1S/C13H7BrClF2NO/c14-11-7(3-1-5-9(11)16)13(19)18-10-6-2-4-8(15)12(10)17/h1-6H,(H,18,19). The van der Waals surface area contributed by atoms with E-state index in [0.717, 1.165) is 0 Å². The van der Waals surface area contributed by atoms with Crippen LogP contribution in [0.1, 0.15) is 10.4 Å². The van der Waals surface area contributed by atoms with Crippen molar-refractivity contribution in [3.8, 4) is 0 Å². The van der Waals surface area contributed by atoms with Crippen LogP contribution in [0.5, 0.6) is 0 Å². The lowest BCUT2D eigenvalue weighted by atomic mass is 10.2.